The molecule has 3 aromatic carbocycles. The number of nitrogens with one attached hydrogen (secondary N) is 1. The number of carbonyl (C=O) groups excluding carboxylic acids is 2. The normalized spacial score (nSPS) is 14.6. The summed E-state index contributed by atoms with van der Waals surface area (Å²) in [5.41, 5.74) is 3.33. The molecule has 1 amide bonds. The van der Waals surface area contributed by atoms with Gasteiger partial charge in [-0.3, -0.25) is 4.79 Å². The van der Waals surface area contributed by atoms with Crippen molar-refractivity contribution in [1.82, 2.24) is 9.73 Å². The first kappa shape index (κ1) is 24.6. The van der Waals surface area contributed by atoms with Crippen molar-refractivity contribution >= 4 is 39.2 Å². The van der Waals surface area contributed by atoms with Crippen molar-refractivity contribution in [2.45, 2.75) is 17.7 Å². The number of amides is 1. The first-order chi connectivity index (χ1) is 16.8. The summed E-state index contributed by atoms with van der Waals surface area (Å²) in [6, 6.07) is 18.4. The number of carboxylic acids is 1. The van der Waals surface area contributed by atoms with Crippen LogP contribution < -0.4 is 10.5 Å². The zero-order chi connectivity index (χ0) is 25.0. The molecule has 1 saturated heterocycles. The third-order valence-electron chi connectivity index (χ3n) is 5.59. The molecule has 0 unspecified atom stereocenters. The number of hydrogen-bond acceptors (Lipinski definition) is 6. The predicted octanol–water partition coefficient (Wildman–Crippen LogP) is 2.67. The lowest BCUT2D eigenvalue weighted by Crippen LogP contribution is -2.28. The van der Waals surface area contributed by atoms with Crippen LogP contribution in [-0.4, -0.2) is 43.4 Å². The molecule has 0 bridgehead atoms. The molecular formula is C25H21ClN3O5S-. The van der Waals surface area contributed by atoms with Gasteiger partial charge in [-0.2, -0.15) is 9.41 Å². The molecule has 8 nitrogen and oxygen atoms in total. The number of carbonyl (C=O) groups is 2. The Bertz CT molecular complexity index is 1400. The minimum Gasteiger partial charge on any atom is -0.545 e. The summed E-state index contributed by atoms with van der Waals surface area (Å²) in [5.74, 6) is -2.05. The Morgan fingerprint density at radius 2 is 1.54 bits per heavy atom. The van der Waals surface area contributed by atoms with Gasteiger partial charge in [0.05, 0.1) is 16.6 Å². The van der Waals surface area contributed by atoms with Gasteiger partial charge < -0.3 is 9.90 Å². The molecule has 0 atom stereocenters. The fourth-order valence-electron chi connectivity index (χ4n) is 3.80. The van der Waals surface area contributed by atoms with Crippen LogP contribution >= 0.6 is 11.6 Å². The quantitative estimate of drug-likeness (QED) is 0.387. The van der Waals surface area contributed by atoms with E-state index in [0.29, 0.717) is 23.7 Å². The second kappa shape index (κ2) is 10.4. The minimum absolute atomic E-state index is 0.0243. The van der Waals surface area contributed by atoms with Gasteiger partial charge in [0.25, 0.3) is 5.91 Å². The van der Waals surface area contributed by atoms with E-state index < -0.39 is 21.9 Å². The summed E-state index contributed by atoms with van der Waals surface area (Å²) in [5, 5.41) is 16.4. The summed E-state index contributed by atoms with van der Waals surface area (Å²) in [7, 11) is -3.70. The molecule has 0 aliphatic carbocycles. The third-order valence-corrected chi connectivity index (χ3v) is 7.73. The van der Waals surface area contributed by atoms with Gasteiger partial charge >= 0.3 is 0 Å². The van der Waals surface area contributed by atoms with E-state index in [0.717, 1.165) is 12.8 Å². The van der Waals surface area contributed by atoms with Crippen molar-refractivity contribution in [1.29, 1.82) is 0 Å². The van der Waals surface area contributed by atoms with Crippen LogP contribution in [0.5, 0.6) is 0 Å². The SMILES string of the molecule is O=C(N/N=C(/c1ccc(Cl)cc1)c1ccccc1C(=O)[O-])c1cccc(S(=O)(=O)N2CCCC2)c1. The molecule has 180 valence electrons. The molecule has 1 fully saturated rings. The standard InChI is InChI=1S/C25H22ClN3O5S/c26-19-12-10-17(11-13-19)23(21-8-1-2-9-22(21)25(31)32)27-28-24(30)18-6-5-7-20(16-18)35(33,34)29-14-3-4-15-29/h1-2,5-13,16H,3-4,14-15H2,(H,28,30)(H,31,32)/p-1/b27-23-. The van der Waals surface area contributed by atoms with E-state index in [1.54, 1.807) is 42.5 Å². The molecule has 0 radical (unpaired) electrons. The van der Waals surface area contributed by atoms with E-state index in [-0.39, 0.29) is 27.3 Å². The Balaban J connectivity index is 1.68. The second-order valence-corrected chi connectivity index (χ2v) is 10.3. The van der Waals surface area contributed by atoms with Crippen LogP contribution in [0.2, 0.25) is 5.02 Å². The van der Waals surface area contributed by atoms with Gasteiger partial charge in [0, 0.05) is 40.4 Å². The topological polar surface area (TPSA) is 119 Å². The van der Waals surface area contributed by atoms with E-state index in [2.05, 4.69) is 10.5 Å². The number of halogens is 1. The fourth-order valence-corrected chi connectivity index (χ4v) is 5.49. The maximum atomic E-state index is 12.9. The molecule has 1 heterocycles. The Labute approximate surface area is 207 Å². The Morgan fingerprint density at radius 3 is 2.20 bits per heavy atom. The molecule has 4 rings (SSSR count). The molecular weight excluding hydrogens is 490 g/mol. The lowest BCUT2D eigenvalue weighted by Gasteiger charge is -2.16. The summed E-state index contributed by atoms with van der Waals surface area (Å²) < 4.78 is 27.1. The highest BCUT2D eigenvalue weighted by molar-refractivity contribution is 7.89. The molecule has 1 aliphatic heterocycles. The van der Waals surface area contributed by atoms with Crippen molar-refractivity contribution in [3.8, 4) is 0 Å². The molecule has 1 N–H and O–H groups in total. The Morgan fingerprint density at radius 1 is 0.886 bits per heavy atom. The maximum absolute atomic E-state index is 12.9. The molecule has 1 aliphatic rings. The van der Waals surface area contributed by atoms with Gasteiger partial charge in [-0.15, -0.1) is 0 Å². The summed E-state index contributed by atoms with van der Waals surface area (Å²) in [6.45, 7) is 0.899. The lowest BCUT2D eigenvalue weighted by molar-refractivity contribution is -0.255. The average Bonchev–Trinajstić information content (AvgIpc) is 3.41. The minimum atomic E-state index is -3.70. The first-order valence-corrected chi connectivity index (χ1v) is 12.6. The molecule has 35 heavy (non-hydrogen) atoms. The van der Waals surface area contributed by atoms with Gasteiger partial charge in [0.15, 0.2) is 0 Å². The van der Waals surface area contributed by atoms with Crippen LogP contribution in [0, 0.1) is 0 Å². The molecule has 0 spiro atoms. The first-order valence-electron chi connectivity index (χ1n) is 10.8. The molecule has 0 aromatic heterocycles. The highest BCUT2D eigenvalue weighted by atomic mass is 35.5. The largest absolute Gasteiger partial charge is 0.545 e. The van der Waals surface area contributed by atoms with Gasteiger partial charge in [-0.1, -0.05) is 54.1 Å². The summed E-state index contributed by atoms with van der Waals surface area (Å²) >= 11 is 5.98. The predicted molar refractivity (Wildman–Crippen MR) is 130 cm³/mol. The number of benzene rings is 3. The Hall–Kier alpha value is -3.53. The highest BCUT2D eigenvalue weighted by Crippen LogP contribution is 2.22. The lowest BCUT2D eigenvalue weighted by atomic mass is 9.97. The summed E-state index contributed by atoms with van der Waals surface area (Å²) in [6.07, 6.45) is 1.60. The summed E-state index contributed by atoms with van der Waals surface area (Å²) in [4.78, 5) is 24.6. The zero-order valence-corrected chi connectivity index (χ0v) is 20.1. The maximum Gasteiger partial charge on any atom is 0.271 e. The number of aromatic carboxylic acids is 1. The van der Waals surface area contributed by atoms with Crippen LogP contribution in [0.25, 0.3) is 0 Å². The smallest absolute Gasteiger partial charge is 0.271 e. The van der Waals surface area contributed by atoms with Crippen LogP contribution in [0.4, 0.5) is 0 Å². The van der Waals surface area contributed by atoms with Crippen LogP contribution in [-0.2, 0) is 10.0 Å². The number of hydrazone groups is 1. The van der Waals surface area contributed by atoms with E-state index in [4.69, 9.17) is 11.6 Å². The monoisotopic (exact) mass is 510 g/mol. The van der Waals surface area contributed by atoms with Crippen molar-refractivity contribution in [2.24, 2.45) is 5.10 Å². The van der Waals surface area contributed by atoms with Crippen LogP contribution in [0.1, 0.15) is 44.7 Å². The van der Waals surface area contributed by atoms with Crippen molar-refractivity contribution < 1.29 is 23.1 Å². The molecule has 3 aromatic rings. The second-order valence-electron chi connectivity index (χ2n) is 7.88. The van der Waals surface area contributed by atoms with Crippen molar-refractivity contribution in [3.05, 3.63) is 100 Å². The fraction of sp³-hybridized carbons (Fsp3) is 0.160. The van der Waals surface area contributed by atoms with Gasteiger partial charge in [-0.25, -0.2) is 13.8 Å². The van der Waals surface area contributed by atoms with Gasteiger partial charge in [0.1, 0.15) is 0 Å². The highest BCUT2D eigenvalue weighted by Gasteiger charge is 2.27. The zero-order valence-electron chi connectivity index (χ0n) is 18.5. The number of hydrogen-bond donors (Lipinski definition) is 1. The van der Waals surface area contributed by atoms with Crippen LogP contribution in [0.15, 0.2) is 82.8 Å². The number of rotatable bonds is 7. The van der Waals surface area contributed by atoms with E-state index in [1.807, 2.05) is 0 Å². The van der Waals surface area contributed by atoms with Gasteiger partial charge in [0.2, 0.25) is 10.0 Å². The van der Waals surface area contributed by atoms with Crippen LogP contribution in [0.3, 0.4) is 0 Å². The van der Waals surface area contributed by atoms with E-state index >= 15 is 0 Å². The Kier molecular flexibility index (Phi) is 7.30. The number of nitrogens with zero attached hydrogens (tertiary/aromatic N) is 2. The van der Waals surface area contributed by atoms with Crippen molar-refractivity contribution in [2.75, 3.05) is 13.1 Å². The molecule has 0 saturated carbocycles. The average molecular weight is 511 g/mol. The van der Waals surface area contributed by atoms with E-state index in [9.17, 15) is 23.1 Å². The number of sulfonamides is 1. The van der Waals surface area contributed by atoms with E-state index in [1.165, 1.54) is 34.6 Å². The van der Waals surface area contributed by atoms with Gasteiger partial charge in [-0.05, 0) is 43.2 Å². The third kappa shape index (κ3) is 5.43. The molecule has 10 heteroatoms. The van der Waals surface area contributed by atoms with Crippen molar-refractivity contribution in [3.63, 3.8) is 0 Å². The number of carboxylic acid groups (broad SMARTS) is 1.